The smallest absolute Gasteiger partial charge is 0.313 e. The van der Waals surface area contributed by atoms with Gasteiger partial charge >= 0.3 is 11.8 Å². The van der Waals surface area contributed by atoms with E-state index in [1.54, 1.807) is 11.0 Å². The Morgan fingerprint density at radius 1 is 1.20 bits per heavy atom. The molecule has 1 saturated heterocycles. The van der Waals surface area contributed by atoms with Gasteiger partial charge in [-0.05, 0) is 31.2 Å². The first-order chi connectivity index (χ1) is 9.60. The van der Waals surface area contributed by atoms with Crippen molar-refractivity contribution in [3.63, 3.8) is 0 Å². The average Bonchev–Trinajstić information content (AvgIpc) is 2.46. The maximum Gasteiger partial charge on any atom is 0.313 e. The lowest BCUT2D eigenvalue weighted by molar-refractivity contribution is -0.144. The second-order valence-corrected chi connectivity index (χ2v) is 5.05. The Balaban J connectivity index is 1.91. The summed E-state index contributed by atoms with van der Waals surface area (Å²) in [4.78, 5) is 27.9. The number of nitrogens with one attached hydrogen (secondary N) is 1. The molecule has 5 heteroatoms. The number of aryl methyl sites for hydroxylation is 1. The van der Waals surface area contributed by atoms with E-state index in [0.29, 0.717) is 18.8 Å². The summed E-state index contributed by atoms with van der Waals surface area (Å²) in [5.74, 6) is -0.997. The molecule has 0 spiro atoms. The highest BCUT2D eigenvalue weighted by molar-refractivity contribution is 6.39. The molecule has 108 valence electrons. The normalized spacial score (nSPS) is 16.0. The fourth-order valence-electron chi connectivity index (χ4n) is 2.32. The summed E-state index contributed by atoms with van der Waals surface area (Å²) in [5, 5.41) is 2.66. The molecule has 1 aromatic rings. The Morgan fingerprint density at radius 2 is 1.90 bits per heavy atom. The first kappa shape index (κ1) is 14.5. The molecule has 0 atom stereocenters. The van der Waals surface area contributed by atoms with Crippen LogP contribution in [0.15, 0.2) is 24.3 Å². The molecule has 0 aromatic heterocycles. The van der Waals surface area contributed by atoms with Crippen molar-refractivity contribution in [2.75, 3.05) is 38.0 Å². The third kappa shape index (κ3) is 3.57. The van der Waals surface area contributed by atoms with Crippen molar-refractivity contribution in [3.8, 4) is 0 Å². The van der Waals surface area contributed by atoms with Gasteiger partial charge in [-0.3, -0.25) is 9.59 Å². The Hall–Kier alpha value is -1.88. The zero-order valence-corrected chi connectivity index (χ0v) is 12.1. The van der Waals surface area contributed by atoms with Crippen molar-refractivity contribution in [1.82, 2.24) is 9.80 Å². The summed E-state index contributed by atoms with van der Waals surface area (Å²) >= 11 is 0. The van der Waals surface area contributed by atoms with Crippen molar-refractivity contribution >= 4 is 17.5 Å². The first-order valence-corrected chi connectivity index (χ1v) is 6.99. The van der Waals surface area contributed by atoms with Crippen LogP contribution in [0.25, 0.3) is 0 Å². The molecule has 1 heterocycles. The molecule has 2 amide bonds. The van der Waals surface area contributed by atoms with E-state index < -0.39 is 11.8 Å². The Bertz CT molecular complexity index is 494. The zero-order chi connectivity index (χ0) is 14.5. The lowest BCUT2D eigenvalue weighted by Gasteiger charge is -2.33. The maximum absolute atomic E-state index is 12.1. The Labute approximate surface area is 119 Å². The lowest BCUT2D eigenvalue weighted by Crippen LogP contribution is -2.51. The highest BCUT2D eigenvalue weighted by atomic mass is 16.2. The van der Waals surface area contributed by atoms with Crippen LogP contribution < -0.4 is 5.32 Å². The molecule has 0 aliphatic carbocycles. The van der Waals surface area contributed by atoms with Crippen LogP contribution in [0.3, 0.4) is 0 Å². The molecule has 1 fully saturated rings. The molecule has 5 nitrogen and oxygen atoms in total. The predicted molar refractivity (Wildman–Crippen MR) is 78.5 cm³/mol. The molecule has 1 aliphatic rings. The fourth-order valence-corrected chi connectivity index (χ4v) is 2.32. The van der Waals surface area contributed by atoms with Crippen molar-refractivity contribution in [1.29, 1.82) is 0 Å². The van der Waals surface area contributed by atoms with Crippen molar-refractivity contribution < 1.29 is 9.59 Å². The minimum absolute atomic E-state index is 0.442. The number of benzene rings is 1. The molecule has 0 bridgehead atoms. The molecular formula is C15H21N3O2. The molecular weight excluding hydrogens is 254 g/mol. The summed E-state index contributed by atoms with van der Waals surface area (Å²) in [6.45, 7) is 7.93. The number of likely N-dealkylation sites (N-methyl/N-ethyl adjacent to an activating group) is 1. The summed E-state index contributed by atoms with van der Waals surface area (Å²) < 4.78 is 0. The zero-order valence-electron chi connectivity index (χ0n) is 12.1. The maximum atomic E-state index is 12.1. The van der Waals surface area contributed by atoms with E-state index in [0.717, 1.165) is 25.2 Å². The number of nitrogens with zero attached hydrogens (tertiary/aromatic N) is 2. The number of carbonyl (C=O) groups excluding carboxylic acids is 2. The van der Waals surface area contributed by atoms with Crippen LogP contribution in [0.5, 0.6) is 0 Å². The highest BCUT2D eigenvalue weighted by Crippen LogP contribution is 2.10. The number of rotatable bonds is 2. The van der Waals surface area contributed by atoms with E-state index in [-0.39, 0.29) is 0 Å². The van der Waals surface area contributed by atoms with Gasteiger partial charge in [0.1, 0.15) is 0 Å². The van der Waals surface area contributed by atoms with Gasteiger partial charge in [0.2, 0.25) is 0 Å². The van der Waals surface area contributed by atoms with Crippen LogP contribution in [0.4, 0.5) is 5.69 Å². The second kappa shape index (κ2) is 6.52. The van der Waals surface area contributed by atoms with Gasteiger partial charge in [0.05, 0.1) is 0 Å². The summed E-state index contributed by atoms with van der Waals surface area (Å²) in [7, 11) is 0. The van der Waals surface area contributed by atoms with Crippen LogP contribution in [-0.4, -0.2) is 54.3 Å². The van der Waals surface area contributed by atoms with Crippen LogP contribution in [0, 0.1) is 6.92 Å². The standard InChI is InChI=1S/C15H21N3O2/c1-3-17-7-9-18(10-8-17)15(20)14(19)16-13-6-4-5-12(2)11-13/h4-6,11H,3,7-10H2,1-2H3,(H,16,19). The van der Waals surface area contributed by atoms with Crippen molar-refractivity contribution in [2.45, 2.75) is 13.8 Å². The summed E-state index contributed by atoms with van der Waals surface area (Å²) in [6, 6.07) is 7.43. The van der Waals surface area contributed by atoms with Gasteiger partial charge < -0.3 is 15.1 Å². The van der Waals surface area contributed by atoms with Gasteiger partial charge in [0.15, 0.2) is 0 Å². The molecule has 1 aliphatic heterocycles. The van der Waals surface area contributed by atoms with Gasteiger partial charge in [0, 0.05) is 31.9 Å². The topological polar surface area (TPSA) is 52.7 Å². The molecule has 0 saturated carbocycles. The van der Waals surface area contributed by atoms with Crippen LogP contribution in [-0.2, 0) is 9.59 Å². The van der Waals surface area contributed by atoms with Gasteiger partial charge in [0.25, 0.3) is 0 Å². The molecule has 1 N–H and O–H groups in total. The monoisotopic (exact) mass is 275 g/mol. The second-order valence-electron chi connectivity index (χ2n) is 5.05. The number of anilines is 1. The number of amides is 2. The number of carbonyl (C=O) groups is 2. The molecule has 20 heavy (non-hydrogen) atoms. The van der Waals surface area contributed by atoms with Gasteiger partial charge in [-0.15, -0.1) is 0 Å². The number of hydrogen-bond acceptors (Lipinski definition) is 3. The van der Waals surface area contributed by atoms with Crippen LogP contribution in [0.1, 0.15) is 12.5 Å². The Morgan fingerprint density at radius 3 is 2.50 bits per heavy atom. The molecule has 2 rings (SSSR count). The number of hydrogen-bond donors (Lipinski definition) is 1. The van der Waals surface area contributed by atoms with E-state index in [9.17, 15) is 9.59 Å². The average molecular weight is 275 g/mol. The Kier molecular flexibility index (Phi) is 4.74. The molecule has 0 unspecified atom stereocenters. The van der Waals surface area contributed by atoms with E-state index in [4.69, 9.17) is 0 Å². The minimum Gasteiger partial charge on any atom is -0.332 e. The van der Waals surface area contributed by atoms with Gasteiger partial charge in [-0.25, -0.2) is 0 Å². The largest absolute Gasteiger partial charge is 0.332 e. The number of piperazine rings is 1. The first-order valence-electron chi connectivity index (χ1n) is 6.99. The van der Waals surface area contributed by atoms with Crippen molar-refractivity contribution in [3.05, 3.63) is 29.8 Å². The molecule has 1 aromatic carbocycles. The van der Waals surface area contributed by atoms with Crippen LogP contribution >= 0.6 is 0 Å². The lowest BCUT2D eigenvalue weighted by atomic mass is 10.2. The molecule has 0 radical (unpaired) electrons. The minimum atomic E-state index is -0.555. The van der Waals surface area contributed by atoms with Crippen molar-refractivity contribution in [2.24, 2.45) is 0 Å². The third-order valence-corrected chi connectivity index (χ3v) is 3.58. The van der Waals surface area contributed by atoms with E-state index >= 15 is 0 Å². The predicted octanol–water partition coefficient (Wildman–Crippen LogP) is 1.10. The van der Waals surface area contributed by atoms with Crippen LogP contribution in [0.2, 0.25) is 0 Å². The quantitative estimate of drug-likeness (QED) is 0.822. The fraction of sp³-hybridized carbons (Fsp3) is 0.467. The van der Waals surface area contributed by atoms with E-state index in [1.807, 2.05) is 25.1 Å². The summed E-state index contributed by atoms with van der Waals surface area (Å²) in [5.41, 5.74) is 1.71. The van der Waals surface area contributed by atoms with E-state index in [2.05, 4.69) is 17.1 Å². The summed E-state index contributed by atoms with van der Waals surface area (Å²) in [6.07, 6.45) is 0. The van der Waals surface area contributed by atoms with Gasteiger partial charge in [-0.1, -0.05) is 19.1 Å². The van der Waals surface area contributed by atoms with Gasteiger partial charge in [-0.2, -0.15) is 0 Å². The van der Waals surface area contributed by atoms with E-state index in [1.165, 1.54) is 0 Å². The third-order valence-electron chi connectivity index (χ3n) is 3.58. The SMILES string of the molecule is CCN1CCN(C(=O)C(=O)Nc2cccc(C)c2)CC1. The highest BCUT2D eigenvalue weighted by Gasteiger charge is 2.25.